The third-order valence-corrected chi connectivity index (χ3v) is 8.24. The van der Waals surface area contributed by atoms with Gasteiger partial charge in [0, 0.05) is 47.5 Å². The predicted octanol–water partition coefficient (Wildman–Crippen LogP) is 4.68. The number of alkyl halides is 1. The lowest BCUT2D eigenvalue weighted by Crippen LogP contribution is -2.66. The average Bonchev–Trinajstić information content (AvgIpc) is 3.19. The summed E-state index contributed by atoms with van der Waals surface area (Å²) in [7, 11) is 0. The van der Waals surface area contributed by atoms with Crippen LogP contribution in [0.5, 0.6) is 0 Å². The fourth-order valence-corrected chi connectivity index (χ4v) is 5.88. The second-order valence-electron chi connectivity index (χ2n) is 10.0. The van der Waals surface area contributed by atoms with Gasteiger partial charge in [0.05, 0.1) is 41.6 Å². The molecule has 3 fully saturated rings. The molecule has 7 nitrogen and oxygen atoms in total. The van der Waals surface area contributed by atoms with Crippen LogP contribution in [0.4, 0.5) is 15.8 Å². The maximum atomic E-state index is 13.4. The van der Waals surface area contributed by atoms with Crippen molar-refractivity contribution in [3.63, 3.8) is 0 Å². The molecule has 2 atom stereocenters. The monoisotopic (exact) mass is 489 g/mol. The molecular formula is C26H24FN5O2S. The smallest absolute Gasteiger partial charge is 0.259 e. The maximum Gasteiger partial charge on any atom is 0.259 e. The molecule has 3 aromatic heterocycles. The highest BCUT2D eigenvalue weighted by molar-refractivity contribution is 7.13. The van der Waals surface area contributed by atoms with Gasteiger partial charge >= 0.3 is 0 Å². The van der Waals surface area contributed by atoms with Crippen molar-refractivity contribution >= 4 is 34.1 Å². The molecule has 35 heavy (non-hydrogen) atoms. The first kappa shape index (κ1) is 21.0. The average molecular weight is 490 g/mol. The number of hydrogen-bond acceptors (Lipinski definition) is 6. The second-order valence-corrected chi connectivity index (χ2v) is 10.9. The van der Waals surface area contributed by atoms with E-state index < -0.39 is 6.17 Å². The van der Waals surface area contributed by atoms with Gasteiger partial charge in [0.1, 0.15) is 11.2 Å². The van der Waals surface area contributed by atoms with E-state index in [-0.39, 0.29) is 11.8 Å². The lowest BCUT2D eigenvalue weighted by molar-refractivity contribution is -0.127. The fourth-order valence-electron chi connectivity index (χ4n) is 5.00. The number of anilines is 2. The van der Waals surface area contributed by atoms with Crippen LogP contribution in [0.1, 0.15) is 34.0 Å². The molecule has 9 heteroatoms. The van der Waals surface area contributed by atoms with Crippen LogP contribution in [-0.4, -0.2) is 53.0 Å². The van der Waals surface area contributed by atoms with Crippen LogP contribution in [0.15, 0.2) is 48.1 Å². The van der Waals surface area contributed by atoms with Crippen molar-refractivity contribution in [3.8, 4) is 10.6 Å². The van der Waals surface area contributed by atoms with Crippen molar-refractivity contribution in [2.45, 2.75) is 25.4 Å². The first-order chi connectivity index (χ1) is 17.0. The number of carbonyl (C=O) groups is 1. The Balaban J connectivity index is 1.13. The van der Waals surface area contributed by atoms with E-state index in [1.165, 1.54) is 11.3 Å². The summed E-state index contributed by atoms with van der Waals surface area (Å²) in [5, 5.41) is 10.2. The molecule has 1 amide bonds. The fraction of sp³-hybridized carbons (Fsp3) is 0.346. The Morgan fingerprint density at radius 3 is 2.83 bits per heavy atom. The van der Waals surface area contributed by atoms with Gasteiger partial charge in [0.15, 0.2) is 0 Å². The molecule has 5 heterocycles. The minimum atomic E-state index is -0.765. The number of aryl methyl sites for hydroxylation is 1. The Labute approximate surface area is 205 Å². The Kier molecular flexibility index (Phi) is 4.56. The number of rotatable bonds is 5. The summed E-state index contributed by atoms with van der Waals surface area (Å²) < 4.78 is 20.5. The summed E-state index contributed by atoms with van der Waals surface area (Å²) in [5.41, 5.74) is 6.12. The highest BCUT2D eigenvalue weighted by Gasteiger charge is 2.49. The van der Waals surface area contributed by atoms with Crippen molar-refractivity contribution in [1.29, 1.82) is 0 Å². The highest BCUT2D eigenvalue weighted by atomic mass is 32.1. The Morgan fingerprint density at radius 1 is 1.26 bits per heavy atom. The molecule has 0 unspecified atom stereocenters. The zero-order chi connectivity index (χ0) is 23.7. The Morgan fingerprint density at radius 2 is 2.09 bits per heavy atom. The number of nitrogens with one attached hydrogen (secondary N) is 1. The highest BCUT2D eigenvalue weighted by Crippen LogP contribution is 2.44. The Bertz CT molecular complexity index is 1470. The molecule has 2 aliphatic heterocycles. The van der Waals surface area contributed by atoms with Gasteiger partial charge in [0.25, 0.3) is 5.91 Å². The molecule has 7 rings (SSSR count). The molecule has 1 spiro atoms. The number of thiazole rings is 1. The molecule has 0 bridgehead atoms. The summed E-state index contributed by atoms with van der Waals surface area (Å²) in [6.45, 7) is 5.60. The summed E-state index contributed by atoms with van der Waals surface area (Å²) in [6.07, 6.45) is 3.31. The molecule has 0 radical (unpaired) electrons. The SMILES string of the molecule is Cc1ccc(-c2nc([C@H]3C[C@@H]3F)cs2)cc1NC(=O)c1cnn2ccc(N3CC4(COC4)C3)cc12. The zero-order valence-electron chi connectivity index (χ0n) is 19.2. The van der Waals surface area contributed by atoms with Gasteiger partial charge in [-0.15, -0.1) is 11.3 Å². The van der Waals surface area contributed by atoms with Gasteiger partial charge in [-0.2, -0.15) is 5.10 Å². The minimum absolute atomic E-state index is 0.0611. The molecule has 178 valence electrons. The number of benzene rings is 1. The van der Waals surface area contributed by atoms with Crippen LogP contribution in [0, 0.1) is 12.3 Å². The maximum absolute atomic E-state index is 13.4. The number of nitrogens with zero attached hydrogens (tertiary/aromatic N) is 4. The molecule has 1 aromatic carbocycles. The van der Waals surface area contributed by atoms with Crippen molar-refractivity contribution in [3.05, 3.63) is 64.9 Å². The molecule has 1 aliphatic carbocycles. The molecule has 4 aromatic rings. The molecular weight excluding hydrogens is 465 g/mol. The molecule has 3 aliphatic rings. The van der Waals surface area contributed by atoms with Gasteiger partial charge in [-0.25, -0.2) is 13.9 Å². The summed E-state index contributed by atoms with van der Waals surface area (Å²) in [5.74, 6) is -0.267. The quantitative estimate of drug-likeness (QED) is 0.441. The van der Waals surface area contributed by atoms with E-state index in [0.29, 0.717) is 17.4 Å². The van der Waals surface area contributed by atoms with Crippen LogP contribution >= 0.6 is 11.3 Å². The van der Waals surface area contributed by atoms with E-state index in [4.69, 9.17) is 4.74 Å². The van der Waals surface area contributed by atoms with E-state index in [1.54, 1.807) is 10.7 Å². The standard InChI is InChI=1S/C26H24FN5O2S/c1-15-2-3-16(25-30-22(10-35-25)18-8-20(18)27)6-21(15)29-24(33)19-9-28-32-5-4-17(7-23(19)32)31-11-26(12-31)13-34-14-26/h2-7,9-10,18,20H,8,11-14H2,1H3,(H,29,33)/t18-,20-/m0/s1. The van der Waals surface area contributed by atoms with Crippen LogP contribution in [0.3, 0.4) is 0 Å². The van der Waals surface area contributed by atoms with E-state index in [9.17, 15) is 9.18 Å². The van der Waals surface area contributed by atoms with E-state index in [2.05, 4.69) is 20.3 Å². The predicted molar refractivity (Wildman–Crippen MR) is 133 cm³/mol. The largest absolute Gasteiger partial charge is 0.380 e. The van der Waals surface area contributed by atoms with Gasteiger partial charge in [-0.05, 0) is 37.1 Å². The van der Waals surface area contributed by atoms with Crippen molar-refractivity contribution in [1.82, 2.24) is 14.6 Å². The first-order valence-electron chi connectivity index (χ1n) is 11.8. The minimum Gasteiger partial charge on any atom is -0.380 e. The van der Waals surface area contributed by atoms with Gasteiger partial charge in [-0.3, -0.25) is 4.79 Å². The third-order valence-electron chi connectivity index (χ3n) is 7.33. The lowest BCUT2D eigenvalue weighted by atomic mass is 9.78. The van der Waals surface area contributed by atoms with E-state index in [1.807, 2.05) is 48.8 Å². The number of ether oxygens (including phenoxy) is 1. The number of hydrogen-bond donors (Lipinski definition) is 1. The van der Waals surface area contributed by atoms with E-state index >= 15 is 0 Å². The van der Waals surface area contributed by atoms with Crippen LogP contribution in [0.2, 0.25) is 0 Å². The van der Waals surface area contributed by atoms with Gasteiger partial charge in [0.2, 0.25) is 0 Å². The second kappa shape index (κ2) is 7.60. The first-order valence-corrected chi connectivity index (χ1v) is 12.7. The van der Waals surface area contributed by atoms with Crippen LogP contribution in [-0.2, 0) is 4.74 Å². The van der Waals surface area contributed by atoms with Crippen molar-refractivity contribution in [2.75, 3.05) is 36.5 Å². The van der Waals surface area contributed by atoms with Crippen LogP contribution in [0.25, 0.3) is 16.1 Å². The van der Waals surface area contributed by atoms with Gasteiger partial charge < -0.3 is 15.0 Å². The Hall–Kier alpha value is -3.30. The number of amides is 1. The van der Waals surface area contributed by atoms with Crippen molar-refractivity contribution in [2.24, 2.45) is 5.41 Å². The van der Waals surface area contributed by atoms with E-state index in [0.717, 1.165) is 65.0 Å². The number of carbonyl (C=O) groups excluding carboxylic acids is 1. The van der Waals surface area contributed by atoms with Crippen molar-refractivity contribution < 1.29 is 13.9 Å². The molecule has 1 saturated carbocycles. The molecule has 1 N–H and O–H groups in total. The summed E-state index contributed by atoms with van der Waals surface area (Å²) in [4.78, 5) is 20.3. The normalized spacial score (nSPS) is 22.2. The lowest BCUT2D eigenvalue weighted by Gasteiger charge is -2.56. The zero-order valence-corrected chi connectivity index (χ0v) is 20.0. The van der Waals surface area contributed by atoms with Gasteiger partial charge in [-0.1, -0.05) is 12.1 Å². The summed E-state index contributed by atoms with van der Waals surface area (Å²) >= 11 is 1.51. The third kappa shape index (κ3) is 3.52. The topological polar surface area (TPSA) is 71.8 Å². The summed E-state index contributed by atoms with van der Waals surface area (Å²) in [6, 6.07) is 9.97. The number of pyridine rings is 1. The number of halogens is 1. The molecule has 2 saturated heterocycles. The number of fused-ring (bicyclic) bond motifs is 1. The van der Waals surface area contributed by atoms with Crippen LogP contribution < -0.4 is 10.2 Å². The number of aromatic nitrogens is 3.